The molecule has 0 unspecified atom stereocenters. The van der Waals surface area contributed by atoms with Crippen LogP contribution in [0.2, 0.25) is 0 Å². The zero-order valence-electron chi connectivity index (χ0n) is 15.6. The van der Waals surface area contributed by atoms with Crippen LogP contribution >= 0.6 is 15.9 Å². The summed E-state index contributed by atoms with van der Waals surface area (Å²) in [5.41, 5.74) is 3.38. The maximum atomic E-state index is 12.7. The number of carbonyl (C=O) groups excluding carboxylic acids is 1. The van der Waals surface area contributed by atoms with Crippen molar-refractivity contribution in [3.05, 3.63) is 70.0 Å². The van der Waals surface area contributed by atoms with E-state index in [-0.39, 0.29) is 5.91 Å². The molecule has 1 amide bonds. The number of nitrogens with one attached hydrogen (secondary N) is 1. The van der Waals surface area contributed by atoms with Gasteiger partial charge in [0.2, 0.25) is 0 Å². The molecule has 0 radical (unpaired) electrons. The van der Waals surface area contributed by atoms with E-state index in [1.54, 1.807) is 4.68 Å². The molecule has 7 heteroatoms. The molecule has 1 N–H and O–H groups in total. The second kappa shape index (κ2) is 8.14. The number of halogens is 1. The van der Waals surface area contributed by atoms with Crippen LogP contribution in [0.15, 0.2) is 53.0 Å². The zero-order chi connectivity index (χ0) is 19.5. The molecule has 144 valence electrons. The average Bonchev–Trinajstić information content (AvgIpc) is 3.45. The third-order valence-electron chi connectivity index (χ3n) is 4.63. The van der Waals surface area contributed by atoms with E-state index in [1.807, 2.05) is 55.5 Å². The lowest BCUT2D eigenvalue weighted by molar-refractivity contribution is 0.0941. The van der Waals surface area contributed by atoms with Crippen molar-refractivity contribution in [3.63, 3.8) is 0 Å². The van der Waals surface area contributed by atoms with Gasteiger partial charge in [0.15, 0.2) is 5.69 Å². The Bertz CT molecular complexity index is 963. The number of aromatic nitrogens is 3. The summed E-state index contributed by atoms with van der Waals surface area (Å²) in [5, 5.41) is 11.3. The fourth-order valence-electron chi connectivity index (χ4n) is 3.00. The summed E-state index contributed by atoms with van der Waals surface area (Å²) in [6.07, 6.45) is 2.11. The maximum absolute atomic E-state index is 12.7. The average molecular weight is 441 g/mol. The molecule has 6 nitrogen and oxygen atoms in total. The highest BCUT2D eigenvalue weighted by Crippen LogP contribution is 2.42. The van der Waals surface area contributed by atoms with E-state index >= 15 is 0 Å². The second-order valence-electron chi connectivity index (χ2n) is 6.90. The third kappa shape index (κ3) is 4.25. The van der Waals surface area contributed by atoms with Crippen LogP contribution in [0.4, 0.5) is 0 Å². The Morgan fingerprint density at radius 2 is 1.89 bits per heavy atom. The zero-order valence-corrected chi connectivity index (χ0v) is 17.1. The number of benzene rings is 2. The van der Waals surface area contributed by atoms with Gasteiger partial charge < -0.3 is 10.1 Å². The van der Waals surface area contributed by atoms with Crippen LogP contribution in [-0.2, 0) is 0 Å². The SMILES string of the molecule is Cc1ccc(OCCNC(=O)c2nnn(-c3ccc(Br)cc3)c2C2CC2)cc1. The van der Waals surface area contributed by atoms with E-state index in [2.05, 4.69) is 31.6 Å². The first-order valence-electron chi connectivity index (χ1n) is 9.31. The molecule has 28 heavy (non-hydrogen) atoms. The highest BCUT2D eigenvalue weighted by molar-refractivity contribution is 9.10. The Labute approximate surface area is 172 Å². The fraction of sp³-hybridized carbons (Fsp3) is 0.286. The molecule has 0 spiro atoms. The molecule has 1 aliphatic rings. The van der Waals surface area contributed by atoms with Gasteiger partial charge in [-0.1, -0.05) is 38.8 Å². The molecule has 1 heterocycles. The maximum Gasteiger partial charge on any atom is 0.273 e. The van der Waals surface area contributed by atoms with Crippen molar-refractivity contribution in [2.45, 2.75) is 25.7 Å². The minimum atomic E-state index is -0.210. The standard InChI is InChI=1S/C21H21BrN4O2/c1-14-2-10-18(11-3-14)28-13-12-23-21(27)19-20(15-4-5-15)26(25-24-19)17-8-6-16(22)7-9-17/h2-3,6-11,15H,4-5,12-13H2,1H3,(H,23,27). The van der Waals surface area contributed by atoms with Crippen molar-refractivity contribution in [3.8, 4) is 11.4 Å². The van der Waals surface area contributed by atoms with Crippen molar-refractivity contribution < 1.29 is 9.53 Å². The van der Waals surface area contributed by atoms with Gasteiger partial charge in [-0.2, -0.15) is 0 Å². The molecule has 0 aliphatic heterocycles. The van der Waals surface area contributed by atoms with Gasteiger partial charge in [0.1, 0.15) is 12.4 Å². The van der Waals surface area contributed by atoms with Crippen molar-refractivity contribution in [2.75, 3.05) is 13.2 Å². The van der Waals surface area contributed by atoms with Crippen LogP contribution in [0.1, 0.15) is 40.5 Å². The van der Waals surface area contributed by atoms with Crippen LogP contribution in [0, 0.1) is 6.92 Å². The molecule has 0 bridgehead atoms. The number of amides is 1. The lowest BCUT2D eigenvalue weighted by Crippen LogP contribution is -2.29. The number of hydrogen-bond acceptors (Lipinski definition) is 4. The summed E-state index contributed by atoms with van der Waals surface area (Å²) >= 11 is 3.44. The molecule has 1 fully saturated rings. The quantitative estimate of drug-likeness (QED) is 0.563. The second-order valence-corrected chi connectivity index (χ2v) is 7.82. The van der Waals surface area contributed by atoms with Gasteiger partial charge in [0.05, 0.1) is 17.9 Å². The van der Waals surface area contributed by atoms with Gasteiger partial charge in [-0.05, 0) is 56.2 Å². The summed E-state index contributed by atoms with van der Waals surface area (Å²) in [6.45, 7) is 2.83. The van der Waals surface area contributed by atoms with Crippen LogP contribution in [0.5, 0.6) is 5.75 Å². The summed E-state index contributed by atoms with van der Waals surface area (Å²) < 4.78 is 8.44. The lowest BCUT2D eigenvalue weighted by atomic mass is 10.2. The third-order valence-corrected chi connectivity index (χ3v) is 5.16. The number of ether oxygens (including phenoxy) is 1. The summed E-state index contributed by atoms with van der Waals surface area (Å²) in [7, 11) is 0. The smallest absolute Gasteiger partial charge is 0.273 e. The Morgan fingerprint density at radius 1 is 1.18 bits per heavy atom. The molecule has 2 aromatic carbocycles. The molecular formula is C21H21BrN4O2. The first-order chi connectivity index (χ1) is 13.6. The van der Waals surface area contributed by atoms with E-state index in [4.69, 9.17) is 4.74 Å². The minimum absolute atomic E-state index is 0.210. The molecule has 0 atom stereocenters. The molecule has 0 saturated heterocycles. The largest absolute Gasteiger partial charge is 0.492 e. The summed E-state index contributed by atoms with van der Waals surface area (Å²) in [6, 6.07) is 15.7. The molecule has 1 aliphatic carbocycles. The van der Waals surface area contributed by atoms with E-state index in [0.717, 1.165) is 34.4 Å². The molecule has 1 aromatic heterocycles. The predicted octanol–water partition coefficient (Wildman–Crippen LogP) is 4.02. The highest BCUT2D eigenvalue weighted by Gasteiger charge is 2.34. The van der Waals surface area contributed by atoms with Crippen molar-refractivity contribution in [1.82, 2.24) is 20.3 Å². The first kappa shape index (κ1) is 18.7. The van der Waals surface area contributed by atoms with Crippen LogP contribution in [0.3, 0.4) is 0 Å². The first-order valence-corrected chi connectivity index (χ1v) is 10.1. The van der Waals surface area contributed by atoms with E-state index in [9.17, 15) is 4.79 Å². The number of nitrogens with zero attached hydrogens (tertiary/aromatic N) is 3. The summed E-state index contributed by atoms with van der Waals surface area (Å²) in [4.78, 5) is 12.7. The van der Waals surface area contributed by atoms with Gasteiger partial charge in [0.25, 0.3) is 5.91 Å². The number of rotatable bonds is 7. The molecule has 4 rings (SSSR count). The Balaban J connectivity index is 1.41. The van der Waals surface area contributed by atoms with E-state index in [1.165, 1.54) is 5.56 Å². The Hall–Kier alpha value is -2.67. The van der Waals surface area contributed by atoms with Gasteiger partial charge in [0, 0.05) is 10.4 Å². The van der Waals surface area contributed by atoms with Gasteiger partial charge >= 0.3 is 0 Å². The van der Waals surface area contributed by atoms with Crippen molar-refractivity contribution in [2.24, 2.45) is 0 Å². The lowest BCUT2D eigenvalue weighted by Gasteiger charge is -2.09. The number of carbonyl (C=O) groups is 1. The van der Waals surface area contributed by atoms with Crippen LogP contribution in [-0.4, -0.2) is 34.1 Å². The van der Waals surface area contributed by atoms with Crippen LogP contribution in [0.25, 0.3) is 5.69 Å². The molecular weight excluding hydrogens is 420 g/mol. The molecule has 1 saturated carbocycles. The Kier molecular flexibility index (Phi) is 5.43. The monoisotopic (exact) mass is 440 g/mol. The van der Waals surface area contributed by atoms with Crippen LogP contribution < -0.4 is 10.1 Å². The number of hydrogen-bond donors (Lipinski definition) is 1. The predicted molar refractivity (Wildman–Crippen MR) is 110 cm³/mol. The fourth-order valence-corrected chi connectivity index (χ4v) is 3.26. The highest BCUT2D eigenvalue weighted by atomic mass is 79.9. The van der Waals surface area contributed by atoms with Gasteiger partial charge in [-0.15, -0.1) is 5.10 Å². The number of aryl methyl sites for hydroxylation is 1. The van der Waals surface area contributed by atoms with Crippen molar-refractivity contribution in [1.29, 1.82) is 0 Å². The van der Waals surface area contributed by atoms with Gasteiger partial charge in [-0.25, -0.2) is 4.68 Å². The topological polar surface area (TPSA) is 69.0 Å². The van der Waals surface area contributed by atoms with E-state index < -0.39 is 0 Å². The van der Waals surface area contributed by atoms with E-state index in [0.29, 0.717) is 24.8 Å². The molecule has 3 aromatic rings. The normalized spacial score (nSPS) is 13.4. The van der Waals surface area contributed by atoms with Crippen molar-refractivity contribution >= 4 is 21.8 Å². The summed E-state index contributed by atoms with van der Waals surface area (Å²) in [5.74, 6) is 0.917. The Morgan fingerprint density at radius 3 is 2.57 bits per heavy atom. The minimum Gasteiger partial charge on any atom is -0.492 e. The van der Waals surface area contributed by atoms with Gasteiger partial charge in [-0.3, -0.25) is 4.79 Å².